The van der Waals surface area contributed by atoms with Crippen molar-refractivity contribution in [3.05, 3.63) is 0 Å². The molecule has 0 aromatic heterocycles. The second kappa shape index (κ2) is 45.8. The van der Waals surface area contributed by atoms with E-state index >= 15 is 0 Å². The van der Waals surface area contributed by atoms with Crippen LogP contribution < -0.4 is 5.73 Å². The predicted molar refractivity (Wildman–Crippen MR) is 241 cm³/mol. The summed E-state index contributed by atoms with van der Waals surface area (Å²) in [4.78, 5) is 8.58. The molecule has 3 N–H and O–H groups in total. The Hall–Kier alpha value is -0.610. The van der Waals surface area contributed by atoms with E-state index in [1.807, 2.05) is 0 Å². The van der Waals surface area contributed by atoms with Gasteiger partial charge in [-0.05, 0) is 56.3 Å². The van der Waals surface area contributed by atoms with Crippen molar-refractivity contribution >= 4 is 6.41 Å². The quantitative estimate of drug-likeness (QED) is 0.0500. The Morgan fingerprint density at radius 3 is 1.09 bits per heavy atom. The van der Waals surface area contributed by atoms with Gasteiger partial charge in [0.15, 0.2) is 0 Å². The van der Waals surface area contributed by atoms with Crippen molar-refractivity contribution in [2.24, 2.45) is 28.9 Å². The molecule has 0 aliphatic heterocycles. The van der Waals surface area contributed by atoms with Gasteiger partial charge in [0.25, 0.3) is 0 Å². The van der Waals surface area contributed by atoms with E-state index < -0.39 is 0 Å². The Bertz CT molecular complexity index is 632. The van der Waals surface area contributed by atoms with E-state index in [-0.39, 0.29) is 12.0 Å². The molecule has 324 valence electrons. The maximum absolute atomic E-state index is 8.58. The van der Waals surface area contributed by atoms with Gasteiger partial charge in [-0.1, -0.05) is 236 Å². The number of amides is 1. The van der Waals surface area contributed by atoms with Gasteiger partial charge < -0.3 is 15.6 Å². The van der Waals surface area contributed by atoms with Gasteiger partial charge in [-0.2, -0.15) is 0 Å². The van der Waals surface area contributed by atoms with Gasteiger partial charge in [-0.15, -0.1) is 0 Å². The van der Waals surface area contributed by atoms with Crippen molar-refractivity contribution < 1.29 is 14.6 Å². The van der Waals surface area contributed by atoms with Gasteiger partial charge >= 0.3 is 0 Å². The number of hydrogen-bond donors (Lipinski definition) is 2. The molecule has 0 unspecified atom stereocenters. The molecule has 0 saturated heterocycles. The van der Waals surface area contributed by atoms with Gasteiger partial charge in [0.2, 0.25) is 6.41 Å². The maximum Gasteiger partial charge on any atom is 0.204 e. The van der Waals surface area contributed by atoms with Gasteiger partial charge in [0, 0.05) is 13.7 Å². The Kier molecular flexibility index (Phi) is 51.0. The molecule has 0 spiro atoms. The van der Waals surface area contributed by atoms with Crippen LogP contribution >= 0.6 is 0 Å². The van der Waals surface area contributed by atoms with Crippen LogP contribution in [0.1, 0.15) is 269 Å². The fourth-order valence-electron chi connectivity index (χ4n) is 8.05. The van der Waals surface area contributed by atoms with Crippen LogP contribution in [0.15, 0.2) is 0 Å². The van der Waals surface area contributed by atoms with E-state index in [0.29, 0.717) is 5.41 Å². The summed E-state index contributed by atoms with van der Waals surface area (Å²) in [6, 6.07) is 0. The summed E-state index contributed by atoms with van der Waals surface area (Å²) in [6.07, 6.45) is 43.6. The highest BCUT2D eigenvalue weighted by molar-refractivity contribution is 5.42. The lowest BCUT2D eigenvalue weighted by Gasteiger charge is -2.36. The van der Waals surface area contributed by atoms with E-state index in [1.165, 1.54) is 180 Å². The van der Waals surface area contributed by atoms with Crippen LogP contribution in [0.25, 0.3) is 0 Å². The topological polar surface area (TPSA) is 72.6 Å². The average Bonchev–Trinajstić information content (AvgIpc) is 3.08. The molecule has 53 heavy (non-hydrogen) atoms. The van der Waals surface area contributed by atoms with Crippen molar-refractivity contribution in [2.75, 3.05) is 13.7 Å². The standard InChI is InChI=1S/C31H64.C16H34O.CH3NO.CH4O/c1-4-7-9-11-13-15-17-19-21-23-25-27-29-31(6-3)30-28-26-24-22-20-18-16-14-12-10-8-5-2;1-13(2)9-10-17-16(7,8)12-15(5,6)11-14(3)4;2-1-3;1-2/h31H,4-30H2,1-3H3;13-14H,9-12H2,1-8H3;1H,(H2,2,3);2H,1H3. The van der Waals surface area contributed by atoms with E-state index in [4.69, 9.17) is 14.6 Å². The van der Waals surface area contributed by atoms with Crippen molar-refractivity contribution in [2.45, 2.75) is 274 Å². The molecule has 0 rings (SSSR count). The van der Waals surface area contributed by atoms with E-state index in [9.17, 15) is 0 Å². The van der Waals surface area contributed by atoms with E-state index in [0.717, 1.165) is 44.3 Å². The Balaban J connectivity index is -0.000000458. The number of unbranched alkanes of at least 4 members (excludes halogenated alkanes) is 22. The van der Waals surface area contributed by atoms with Crippen LogP contribution in [-0.2, 0) is 9.53 Å². The number of carbonyl (C=O) groups is 1. The number of aliphatic hydroxyl groups excluding tert-OH is 1. The minimum atomic E-state index is 0.00722. The zero-order valence-electron chi connectivity index (χ0n) is 39.1. The largest absolute Gasteiger partial charge is 0.400 e. The molecule has 0 aromatic carbocycles. The first-order chi connectivity index (χ1) is 25.3. The first-order valence-corrected chi connectivity index (χ1v) is 23.5. The highest BCUT2D eigenvalue weighted by Crippen LogP contribution is 2.35. The van der Waals surface area contributed by atoms with Gasteiger partial charge in [-0.25, -0.2) is 0 Å². The number of primary amides is 1. The molecule has 0 bridgehead atoms. The van der Waals surface area contributed by atoms with Gasteiger partial charge in [0.05, 0.1) is 5.60 Å². The highest BCUT2D eigenvalue weighted by atomic mass is 16.5. The van der Waals surface area contributed by atoms with Crippen LogP contribution in [0.5, 0.6) is 0 Å². The summed E-state index contributed by atoms with van der Waals surface area (Å²) in [5.74, 6) is 2.51. The molecule has 4 heteroatoms. The normalized spacial score (nSPS) is 11.5. The van der Waals surface area contributed by atoms with E-state index in [1.54, 1.807) is 0 Å². The van der Waals surface area contributed by atoms with Gasteiger partial charge in [0.1, 0.15) is 0 Å². The van der Waals surface area contributed by atoms with Crippen molar-refractivity contribution in [1.82, 2.24) is 0 Å². The van der Waals surface area contributed by atoms with Crippen LogP contribution in [0.2, 0.25) is 0 Å². The zero-order chi connectivity index (χ0) is 41.1. The summed E-state index contributed by atoms with van der Waals surface area (Å²) in [7, 11) is 1.00. The molecular weight excluding hydrogens is 651 g/mol. The lowest BCUT2D eigenvalue weighted by atomic mass is 9.76. The molecule has 0 aliphatic rings. The molecular formula is C49H105NO3. The molecule has 0 atom stereocenters. The van der Waals surface area contributed by atoms with Crippen LogP contribution in [0, 0.1) is 23.2 Å². The van der Waals surface area contributed by atoms with Crippen molar-refractivity contribution in [1.29, 1.82) is 0 Å². The summed E-state index contributed by atoms with van der Waals surface area (Å²) in [5, 5.41) is 7.00. The van der Waals surface area contributed by atoms with E-state index in [2.05, 4.69) is 81.9 Å². The first kappa shape index (κ1) is 59.1. The number of hydrogen-bond acceptors (Lipinski definition) is 3. The lowest BCUT2D eigenvalue weighted by Crippen LogP contribution is -2.33. The molecule has 1 amide bonds. The number of aliphatic hydroxyl groups is 1. The highest BCUT2D eigenvalue weighted by Gasteiger charge is 2.30. The molecule has 0 heterocycles. The smallest absolute Gasteiger partial charge is 0.204 e. The lowest BCUT2D eigenvalue weighted by molar-refractivity contribution is -0.106. The molecule has 4 nitrogen and oxygen atoms in total. The summed E-state index contributed by atoms with van der Waals surface area (Å²) < 4.78 is 6.06. The monoisotopic (exact) mass is 756 g/mol. The maximum atomic E-state index is 8.58. The minimum absolute atomic E-state index is 0.00722. The molecule has 0 aromatic rings. The SMILES string of the molecule is CC(C)CCOC(C)(C)CC(C)(C)CC(C)C.CCCCCCCCCCCCCCC(CC)CCCCCCCCCCCCCC.CO.NC=O. The molecule has 0 saturated carbocycles. The Labute approximate surface area is 337 Å². The number of nitrogens with two attached hydrogens (primary N) is 1. The number of ether oxygens (including phenoxy) is 1. The van der Waals surface area contributed by atoms with Crippen molar-refractivity contribution in [3.63, 3.8) is 0 Å². The zero-order valence-corrected chi connectivity index (χ0v) is 39.1. The fraction of sp³-hybridized carbons (Fsp3) is 0.980. The minimum Gasteiger partial charge on any atom is -0.400 e. The summed E-state index contributed by atoms with van der Waals surface area (Å²) in [5.41, 5.74) is 4.54. The fourth-order valence-corrected chi connectivity index (χ4v) is 8.05. The Morgan fingerprint density at radius 2 is 0.830 bits per heavy atom. The summed E-state index contributed by atoms with van der Waals surface area (Å²) >= 11 is 0. The van der Waals surface area contributed by atoms with Crippen LogP contribution in [0.4, 0.5) is 0 Å². The summed E-state index contributed by atoms with van der Waals surface area (Å²) in [6.45, 7) is 26.2. The van der Waals surface area contributed by atoms with Crippen LogP contribution in [-0.4, -0.2) is 30.8 Å². The second-order valence-electron chi connectivity index (χ2n) is 18.5. The molecule has 0 aliphatic carbocycles. The third-order valence-electron chi connectivity index (χ3n) is 10.6. The number of carbonyl (C=O) groups excluding carboxylic acids is 1. The molecule has 0 radical (unpaired) electrons. The van der Waals surface area contributed by atoms with Gasteiger partial charge in [-0.3, -0.25) is 4.79 Å². The van der Waals surface area contributed by atoms with Crippen molar-refractivity contribution in [3.8, 4) is 0 Å². The van der Waals surface area contributed by atoms with Crippen LogP contribution in [0.3, 0.4) is 0 Å². The predicted octanol–water partition coefficient (Wildman–Crippen LogP) is 16.2. The third-order valence-corrected chi connectivity index (χ3v) is 10.6. The Morgan fingerprint density at radius 1 is 0.528 bits per heavy atom. The average molecular weight is 756 g/mol. The first-order valence-electron chi connectivity index (χ1n) is 23.5. The third kappa shape index (κ3) is 55.8. The molecule has 0 fully saturated rings. The second-order valence-corrected chi connectivity index (χ2v) is 18.5. The number of rotatable bonds is 35.